The van der Waals surface area contributed by atoms with Gasteiger partial charge in [-0.25, -0.2) is 9.98 Å². The van der Waals surface area contributed by atoms with Gasteiger partial charge in [-0.05, 0) is 45.6 Å². The summed E-state index contributed by atoms with van der Waals surface area (Å²) in [5, 5.41) is 6.64. The SMILES string of the molecule is CCNC(=NCc1nc(C)c(C)o1)NCCCCCc1ccccc1.I. The Labute approximate surface area is 174 Å². The zero-order chi connectivity index (χ0) is 17.9. The van der Waals surface area contributed by atoms with Crippen molar-refractivity contribution < 1.29 is 4.42 Å². The predicted molar refractivity (Wildman–Crippen MR) is 118 cm³/mol. The van der Waals surface area contributed by atoms with Gasteiger partial charge in [0.2, 0.25) is 5.89 Å². The van der Waals surface area contributed by atoms with Crippen molar-refractivity contribution >= 4 is 29.9 Å². The van der Waals surface area contributed by atoms with Crippen molar-refractivity contribution in [3.05, 3.63) is 53.2 Å². The molecule has 5 nitrogen and oxygen atoms in total. The van der Waals surface area contributed by atoms with E-state index in [9.17, 15) is 0 Å². The van der Waals surface area contributed by atoms with Crippen LogP contribution in [0.15, 0.2) is 39.7 Å². The number of guanidine groups is 1. The third-order valence-corrected chi connectivity index (χ3v) is 4.07. The standard InChI is InChI=1S/C20H30N4O.HI/c1-4-21-20(23-15-19-24-16(2)17(3)25-19)22-14-10-6-9-13-18-11-7-5-8-12-18;/h5,7-8,11-12H,4,6,9-10,13-15H2,1-3H3,(H2,21,22,23);1H. The summed E-state index contributed by atoms with van der Waals surface area (Å²) < 4.78 is 5.57. The zero-order valence-electron chi connectivity index (χ0n) is 16.0. The summed E-state index contributed by atoms with van der Waals surface area (Å²) in [7, 11) is 0. The molecule has 0 fully saturated rings. The van der Waals surface area contributed by atoms with Crippen molar-refractivity contribution in [1.82, 2.24) is 15.6 Å². The van der Waals surface area contributed by atoms with E-state index in [1.807, 2.05) is 13.8 Å². The molecular weight excluding hydrogens is 439 g/mol. The first-order valence-electron chi connectivity index (χ1n) is 9.18. The lowest BCUT2D eigenvalue weighted by atomic mass is 10.1. The van der Waals surface area contributed by atoms with Crippen LogP contribution < -0.4 is 10.6 Å². The van der Waals surface area contributed by atoms with Gasteiger partial charge in [0.15, 0.2) is 5.96 Å². The molecule has 0 unspecified atom stereocenters. The third kappa shape index (κ3) is 8.21. The molecule has 0 saturated heterocycles. The van der Waals surface area contributed by atoms with E-state index in [4.69, 9.17) is 4.42 Å². The molecule has 0 spiro atoms. The van der Waals surface area contributed by atoms with Gasteiger partial charge in [0, 0.05) is 13.1 Å². The summed E-state index contributed by atoms with van der Waals surface area (Å²) in [6.07, 6.45) is 4.71. The first kappa shape index (κ1) is 22.5. The van der Waals surface area contributed by atoms with Crippen LogP contribution in [0, 0.1) is 13.8 Å². The highest BCUT2D eigenvalue weighted by Crippen LogP contribution is 2.09. The van der Waals surface area contributed by atoms with E-state index in [-0.39, 0.29) is 24.0 Å². The molecule has 0 radical (unpaired) electrons. The summed E-state index contributed by atoms with van der Waals surface area (Å²) in [6.45, 7) is 8.15. The fourth-order valence-electron chi connectivity index (χ4n) is 2.58. The average Bonchev–Trinajstić information content (AvgIpc) is 2.94. The van der Waals surface area contributed by atoms with Crippen LogP contribution >= 0.6 is 24.0 Å². The van der Waals surface area contributed by atoms with Crippen molar-refractivity contribution in [3.63, 3.8) is 0 Å². The smallest absolute Gasteiger partial charge is 0.216 e. The number of nitrogens with zero attached hydrogens (tertiary/aromatic N) is 2. The van der Waals surface area contributed by atoms with Crippen LogP contribution in [0.4, 0.5) is 0 Å². The Morgan fingerprint density at radius 1 is 1.08 bits per heavy atom. The van der Waals surface area contributed by atoms with Gasteiger partial charge in [-0.1, -0.05) is 36.8 Å². The molecule has 0 bridgehead atoms. The van der Waals surface area contributed by atoms with Gasteiger partial charge in [0.05, 0.1) is 5.69 Å². The molecule has 2 N–H and O–H groups in total. The Morgan fingerprint density at radius 2 is 1.85 bits per heavy atom. The molecular formula is C20H31IN4O. The minimum atomic E-state index is 0. The predicted octanol–water partition coefficient (Wildman–Crippen LogP) is 4.38. The number of rotatable bonds is 9. The van der Waals surface area contributed by atoms with Gasteiger partial charge in [0.1, 0.15) is 12.3 Å². The zero-order valence-corrected chi connectivity index (χ0v) is 18.4. The molecule has 6 heteroatoms. The second kappa shape index (κ2) is 12.7. The van der Waals surface area contributed by atoms with Crippen molar-refractivity contribution in [3.8, 4) is 0 Å². The normalized spacial score (nSPS) is 11.1. The van der Waals surface area contributed by atoms with E-state index < -0.39 is 0 Å². The van der Waals surface area contributed by atoms with Crippen LogP contribution in [0.2, 0.25) is 0 Å². The molecule has 26 heavy (non-hydrogen) atoms. The van der Waals surface area contributed by atoms with E-state index in [2.05, 4.69) is 57.9 Å². The van der Waals surface area contributed by atoms with Crippen molar-refractivity contribution in [1.29, 1.82) is 0 Å². The second-order valence-electron chi connectivity index (χ2n) is 6.17. The van der Waals surface area contributed by atoms with Crippen LogP contribution in [0.5, 0.6) is 0 Å². The van der Waals surface area contributed by atoms with Crippen LogP contribution in [-0.2, 0) is 13.0 Å². The number of aryl methyl sites for hydroxylation is 3. The molecule has 0 amide bonds. The molecule has 1 aromatic carbocycles. The summed E-state index contributed by atoms with van der Waals surface area (Å²) in [5.74, 6) is 2.34. The van der Waals surface area contributed by atoms with E-state index in [1.165, 1.54) is 18.4 Å². The Kier molecular flexibility index (Phi) is 11.0. The quantitative estimate of drug-likeness (QED) is 0.247. The molecule has 0 saturated carbocycles. The van der Waals surface area contributed by atoms with Crippen molar-refractivity contribution in [2.75, 3.05) is 13.1 Å². The maximum atomic E-state index is 5.57. The summed E-state index contributed by atoms with van der Waals surface area (Å²) in [4.78, 5) is 8.90. The van der Waals surface area contributed by atoms with Gasteiger partial charge < -0.3 is 15.1 Å². The van der Waals surface area contributed by atoms with Crippen LogP contribution in [-0.4, -0.2) is 24.0 Å². The Bertz CT molecular complexity index is 636. The van der Waals surface area contributed by atoms with Crippen LogP contribution in [0.3, 0.4) is 0 Å². The average molecular weight is 470 g/mol. The molecule has 2 rings (SSSR count). The van der Waals surface area contributed by atoms with Gasteiger partial charge >= 0.3 is 0 Å². The van der Waals surface area contributed by atoms with E-state index in [0.717, 1.165) is 43.3 Å². The number of nitrogens with one attached hydrogen (secondary N) is 2. The van der Waals surface area contributed by atoms with Gasteiger partial charge in [-0.15, -0.1) is 24.0 Å². The van der Waals surface area contributed by atoms with E-state index >= 15 is 0 Å². The highest BCUT2D eigenvalue weighted by molar-refractivity contribution is 14.0. The number of halogens is 1. The molecule has 1 heterocycles. The van der Waals surface area contributed by atoms with Crippen molar-refractivity contribution in [2.45, 2.75) is 53.0 Å². The lowest BCUT2D eigenvalue weighted by molar-refractivity contribution is 0.472. The lowest BCUT2D eigenvalue weighted by Gasteiger charge is -2.10. The fourth-order valence-corrected chi connectivity index (χ4v) is 2.58. The van der Waals surface area contributed by atoms with Crippen LogP contribution in [0.1, 0.15) is 49.1 Å². The summed E-state index contributed by atoms with van der Waals surface area (Å²) in [5.41, 5.74) is 2.35. The second-order valence-corrected chi connectivity index (χ2v) is 6.17. The molecule has 0 aliphatic rings. The van der Waals surface area contributed by atoms with Gasteiger partial charge in [-0.2, -0.15) is 0 Å². The third-order valence-electron chi connectivity index (χ3n) is 4.07. The lowest BCUT2D eigenvalue weighted by Crippen LogP contribution is -2.37. The minimum absolute atomic E-state index is 0. The molecule has 0 aliphatic heterocycles. The largest absolute Gasteiger partial charge is 0.444 e. The summed E-state index contributed by atoms with van der Waals surface area (Å²) in [6, 6.07) is 10.7. The number of hydrogen-bond acceptors (Lipinski definition) is 3. The fraction of sp³-hybridized carbons (Fsp3) is 0.500. The Morgan fingerprint density at radius 3 is 2.50 bits per heavy atom. The van der Waals surface area contributed by atoms with Gasteiger partial charge in [0.25, 0.3) is 0 Å². The topological polar surface area (TPSA) is 62.5 Å². The van der Waals surface area contributed by atoms with E-state index in [1.54, 1.807) is 0 Å². The Balaban J connectivity index is 0.00000338. The van der Waals surface area contributed by atoms with E-state index in [0.29, 0.717) is 12.4 Å². The highest BCUT2D eigenvalue weighted by atomic mass is 127. The number of aliphatic imine (C=N–C) groups is 1. The number of unbranched alkanes of at least 4 members (excludes halogenated alkanes) is 2. The maximum Gasteiger partial charge on any atom is 0.216 e. The number of aromatic nitrogens is 1. The number of benzene rings is 1. The first-order valence-corrected chi connectivity index (χ1v) is 9.18. The molecule has 0 atom stereocenters. The number of hydrogen-bond donors (Lipinski definition) is 2. The molecule has 144 valence electrons. The highest BCUT2D eigenvalue weighted by Gasteiger charge is 2.05. The molecule has 1 aromatic heterocycles. The minimum Gasteiger partial charge on any atom is -0.444 e. The van der Waals surface area contributed by atoms with Gasteiger partial charge in [-0.3, -0.25) is 0 Å². The first-order chi connectivity index (χ1) is 12.2. The summed E-state index contributed by atoms with van der Waals surface area (Å²) >= 11 is 0. The molecule has 0 aliphatic carbocycles. The number of oxazole rings is 1. The van der Waals surface area contributed by atoms with Crippen LogP contribution in [0.25, 0.3) is 0 Å². The van der Waals surface area contributed by atoms with Crippen molar-refractivity contribution in [2.24, 2.45) is 4.99 Å². The monoisotopic (exact) mass is 470 g/mol. The Hall–Kier alpha value is -1.57. The molecule has 2 aromatic rings. The maximum absolute atomic E-state index is 5.57.